The van der Waals surface area contributed by atoms with Crippen LogP contribution in [0.5, 0.6) is 5.75 Å². The van der Waals surface area contributed by atoms with Crippen LogP contribution in [0, 0.1) is 0 Å². The van der Waals surface area contributed by atoms with Gasteiger partial charge in [0.1, 0.15) is 11.9 Å². The summed E-state index contributed by atoms with van der Waals surface area (Å²) >= 11 is 3.42. The Labute approximate surface area is 91.4 Å². The Balaban J connectivity index is 2.51. The van der Waals surface area contributed by atoms with Crippen LogP contribution in [0.15, 0.2) is 16.6 Å². The van der Waals surface area contributed by atoms with Crippen LogP contribution in [0.1, 0.15) is 29.8 Å². The molecule has 1 atom stereocenters. The van der Waals surface area contributed by atoms with Crippen molar-refractivity contribution in [1.29, 1.82) is 0 Å². The van der Waals surface area contributed by atoms with E-state index in [9.17, 15) is 4.79 Å². The number of halogens is 1. The minimum atomic E-state index is 0.0908. The Morgan fingerprint density at radius 2 is 2.29 bits per heavy atom. The van der Waals surface area contributed by atoms with Crippen molar-refractivity contribution < 1.29 is 9.53 Å². The van der Waals surface area contributed by atoms with Gasteiger partial charge in [-0.1, -0.05) is 0 Å². The van der Waals surface area contributed by atoms with Crippen molar-refractivity contribution in [3.05, 3.63) is 27.7 Å². The SMILES string of the molecule is CC(=O)c1cc(Br)c2c(c1)CC(C)O2. The molecule has 2 rings (SSSR count). The van der Waals surface area contributed by atoms with Crippen molar-refractivity contribution >= 4 is 21.7 Å². The summed E-state index contributed by atoms with van der Waals surface area (Å²) in [6, 6.07) is 3.74. The van der Waals surface area contributed by atoms with E-state index < -0.39 is 0 Å². The maximum Gasteiger partial charge on any atom is 0.159 e. The number of carbonyl (C=O) groups excluding carboxylic acids is 1. The summed E-state index contributed by atoms with van der Waals surface area (Å²) in [7, 11) is 0. The third-order valence-electron chi connectivity index (χ3n) is 2.35. The highest BCUT2D eigenvalue weighted by atomic mass is 79.9. The number of ether oxygens (including phenoxy) is 1. The molecule has 1 aromatic carbocycles. The molecule has 0 bridgehead atoms. The summed E-state index contributed by atoms with van der Waals surface area (Å²) < 4.78 is 6.49. The molecule has 1 heterocycles. The maximum absolute atomic E-state index is 11.2. The van der Waals surface area contributed by atoms with E-state index in [0.717, 1.165) is 27.8 Å². The summed E-state index contributed by atoms with van der Waals surface area (Å²) in [5.74, 6) is 0.982. The van der Waals surface area contributed by atoms with Gasteiger partial charge in [0.15, 0.2) is 5.78 Å². The van der Waals surface area contributed by atoms with E-state index in [1.54, 1.807) is 6.92 Å². The topological polar surface area (TPSA) is 26.3 Å². The van der Waals surface area contributed by atoms with Gasteiger partial charge in [-0.3, -0.25) is 4.79 Å². The molecule has 2 nitrogen and oxygen atoms in total. The van der Waals surface area contributed by atoms with Crippen LogP contribution in [-0.4, -0.2) is 11.9 Å². The van der Waals surface area contributed by atoms with Gasteiger partial charge in [-0.05, 0) is 47.5 Å². The molecule has 1 unspecified atom stereocenters. The molecule has 0 amide bonds. The average molecular weight is 255 g/mol. The molecule has 0 aromatic heterocycles. The predicted octanol–water partition coefficient (Wildman–Crippen LogP) is 2.98. The van der Waals surface area contributed by atoms with Crippen molar-refractivity contribution in [2.75, 3.05) is 0 Å². The lowest BCUT2D eigenvalue weighted by atomic mass is 10.1. The van der Waals surface area contributed by atoms with Crippen molar-refractivity contribution in [2.45, 2.75) is 26.4 Å². The zero-order chi connectivity index (χ0) is 10.3. The van der Waals surface area contributed by atoms with Crippen LogP contribution in [0.2, 0.25) is 0 Å². The Kier molecular flexibility index (Phi) is 2.35. The second-order valence-electron chi connectivity index (χ2n) is 3.64. The second kappa shape index (κ2) is 3.39. The molecule has 0 aliphatic carbocycles. The minimum absolute atomic E-state index is 0.0908. The van der Waals surface area contributed by atoms with E-state index in [-0.39, 0.29) is 11.9 Å². The van der Waals surface area contributed by atoms with Crippen molar-refractivity contribution in [1.82, 2.24) is 0 Å². The highest BCUT2D eigenvalue weighted by molar-refractivity contribution is 9.10. The Morgan fingerprint density at radius 1 is 1.57 bits per heavy atom. The van der Waals surface area contributed by atoms with Crippen molar-refractivity contribution in [3.63, 3.8) is 0 Å². The molecular formula is C11H11BrO2. The lowest BCUT2D eigenvalue weighted by Gasteiger charge is -2.05. The molecule has 14 heavy (non-hydrogen) atoms. The maximum atomic E-state index is 11.2. The molecule has 1 aliphatic rings. The summed E-state index contributed by atoms with van der Waals surface area (Å²) in [5, 5.41) is 0. The van der Waals surface area contributed by atoms with Crippen LogP contribution < -0.4 is 4.74 Å². The smallest absolute Gasteiger partial charge is 0.159 e. The summed E-state index contributed by atoms with van der Waals surface area (Å²) in [4.78, 5) is 11.2. The van der Waals surface area contributed by atoms with Crippen LogP contribution in [0.4, 0.5) is 0 Å². The van der Waals surface area contributed by atoms with E-state index in [0.29, 0.717) is 0 Å². The molecule has 0 fully saturated rings. The highest BCUT2D eigenvalue weighted by Crippen LogP contribution is 2.37. The fourth-order valence-corrected chi connectivity index (χ4v) is 2.28. The van der Waals surface area contributed by atoms with Gasteiger partial charge in [0.05, 0.1) is 4.47 Å². The predicted molar refractivity (Wildman–Crippen MR) is 57.9 cm³/mol. The first kappa shape index (κ1) is 9.71. The normalized spacial score (nSPS) is 18.9. The summed E-state index contributed by atoms with van der Waals surface area (Å²) in [6.45, 7) is 3.60. The first-order valence-corrected chi connectivity index (χ1v) is 5.37. The minimum Gasteiger partial charge on any atom is -0.489 e. The van der Waals surface area contributed by atoms with Gasteiger partial charge in [0.2, 0.25) is 0 Å². The van der Waals surface area contributed by atoms with Gasteiger partial charge in [-0.2, -0.15) is 0 Å². The lowest BCUT2D eigenvalue weighted by molar-refractivity contribution is 0.101. The average Bonchev–Trinajstić information content (AvgIpc) is 2.45. The van der Waals surface area contributed by atoms with Gasteiger partial charge in [0.25, 0.3) is 0 Å². The molecule has 0 radical (unpaired) electrons. The molecular weight excluding hydrogens is 244 g/mol. The molecule has 74 valence electrons. The molecule has 0 saturated heterocycles. The molecule has 3 heteroatoms. The van der Waals surface area contributed by atoms with Crippen LogP contribution in [-0.2, 0) is 6.42 Å². The van der Waals surface area contributed by atoms with E-state index in [4.69, 9.17) is 4.74 Å². The van der Waals surface area contributed by atoms with Gasteiger partial charge >= 0.3 is 0 Å². The molecule has 1 aromatic rings. The van der Waals surface area contributed by atoms with Crippen LogP contribution >= 0.6 is 15.9 Å². The molecule has 0 N–H and O–H groups in total. The zero-order valence-electron chi connectivity index (χ0n) is 8.13. The van der Waals surface area contributed by atoms with Crippen molar-refractivity contribution in [3.8, 4) is 5.75 Å². The number of hydrogen-bond acceptors (Lipinski definition) is 2. The van der Waals surface area contributed by atoms with E-state index in [1.165, 1.54) is 0 Å². The highest BCUT2D eigenvalue weighted by Gasteiger charge is 2.22. The lowest BCUT2D eigenvalue weighted by Crippen LogP contribution is -2.05. The fraction of sp³-hybridized carbons (Fsp3) is 0.364. The summed E-state index contributed by atoms with van der Waals surface area (Å²) in [5.41, 5.74) is 1.87. The fourth-order valence-electron chi connectivity index (χ4n) is 1.69. The second-order valence-corrected chi connectivity index (χ2v) is 4.49. The molecule has 0 spiro atoms. The van der Waals surface area contributed by atoms with Crippen LogP contribution in [0.25, 0.3) is 0 Å². The Bertz CT molecular complexity index is 399. The van der Waals surface area contributed by atoms with Crippen LogP contribution in [0.3, 0.4) is 0 Å². The van der Waals surface area contributed by atoms with Gasteiger partial charge < -0.3 is 4.74 Å². The molecule has 0 saturated carbocycles. The largest absolute Gasteiger partial charge is 0.489 e. The quantitative estimate of drug-likeness (QED) is 0.721. The number of rotatable bonds is 1. The van der Waals surface area contributed by atoms with E-state index >= 15 is 0 Å². The third kappa shape index (κ3) is 1.57. The molecule has 1 aliphatic heterocycles. The first-order valence-electron chi connectivity index (χ1n) is 4.58. The standard InChI is InChI=1S/C11H11BrO2/c1-6-3-9-4-8(7(2)13)5-10(12)11(9)14-6/h4-6H,3H2,1-2H3. The number of benzene rings is 1. The van der Waals surface area contributed by atoms with Gasteiger partial charge in [-0.15, -0.1) is 0 Å². The van der Waals surface area contributed by atoms with Gasteiger partial charge in [-0.25, -0.2) is 0 Å². The van der Waals surface area contributed by atoms with Crippen molar-refractivity contribution in [2.24, 2.45) is 0 Å². The zero-order valence-corrected chi connectivity index (χ0v) is 9.72. The monoisotopic (exact) mass is 254 g/mol. The van der Waals surface area contributed by atoms with Gasteiger partial charge in [0, 0.05) is 12.0 Å². The Hall–Kier alpha value is -0.830. The van der Waals surface area contributed by atoms with E-state index in [2.05, 4.69) is 15.9 Å². The number of carbonyl (C=O) groups is 1. The number of hydrogen-bond donors (Lipinski definition) is 0. The summed E-state index contributed by atoms with van der Waals surface area (Å²) in [6.07, 6.45) is 1.10. The Morgan fingerprint density at radius 3 is 2.93 bits per heavy atom. The number of ketones is 1. The number of Topliss-reactive ketones (excluding diaryl/α,β-unsaturated/α-hetero) is 1. The number of fused-ring (bicyclic) bond motifs is 1. The third-order valence-corrected chi connectivity index (χ3v) is 2.94. The van der Waals surface area contributed by atoms with E-state index in [1.807, 2.05) is 19.1 Å². The first-order chi connectivity index (χ1) is 6.58.